The molecule has 4 nitrogen and oxygen atoms in total. The Kier molecular flexibility index (Phi) is 4.91. The maximum absolute atomic E-state index is 4.11. The van der Waals surface area contributed by atoms with E-state index in [0.29, 0.717) is 6.04 Å². The molecule has 2 rings (SSSR count). The van der Waals surface area contributed by atoms with Crippen LogP contribution >= 0.6 is 0 Å². The van der Waals surface area contributed by atoms with Gasteiger partial charge in [-0.1, -0.05) is 13.8 Å². The largest absolute Gasteiger partial charge is 0.314 e. The van der Waals surface area contributed by atoms with E-state index in [2.05, 4.69) is 46.5 Å². The molecule has 2 N–H and O–H groups in total. The molecule has 0 amide bonds. The van der Waals surface area contributed by atoms with Gasteiger partial charge in [-0.15, -0.1) is 0 Å². The number of nitrogens with zero attached hydrogens (tertiary/aromatic N) is 2. The van der Waals surface area contributed by atoms with E-state index in [4.69, 9.17) is 0 Å². The van der Waals surface area contributed by atoms with Crippen LogP contribution in [0.1, 0.15) is 25.5 Å². The summed E-state index contributed by atoms with van der Waals surface area (Å²) in [7, 11) is 2.05. The van der Waals surface area contributed by atoms with Gasteiger partial charge in [-0.05, 0) is 30.2 Å². The van der Waals surface area contributed by atoms with Crippen LogP contribution in [-0.2, 0) is 0 Å². The molecule has 2 heterocycles. The lowest BCUT2D eigenvalue weighted by atomic mass is 9.80. The summed E-state index contributed by atoms with van der Waals surface area (Å²) in [6.07, 6.45) is 3.75. The molecule has 1 unspecified atom stereocenters. The summed E-state index contributed by atoms with van der Waals surface area (Å²) >= 11 is 0. The minimum Gasteiger partial charge on any atom is -0.314 e. The van der Waals surface area contributed by atoms with Gasteiger partial charge in [0.15, 0.2) is 0 Å². The predicted octanol–water partition coefficient (Wildman–Crippen LogP) is 1.27. The average Bonchev–Trinajstić information content (AvgIpc) is 2.41. The fourth-order valence-electron chi connectivity index (χ4n) is 3.10. The van der Waals surface area contributed by atoms with Crippen LogP contribution < -0.4 is 10.6 Å². The maximum Gasteiger partial charge on any atom is 0.0382 e. The first-order valence-electron chi connectivity index (χ1n) is 7.14. The second kappa shape index (κ2) is 6.46. The Morgan fingerprint density at radius 1 is 1.32 bits per heavy atom. The number of hydrogen-bond donors (Lipinski definition) is 2. The number of aromatic nitrogens is 1. The van der Waals surface area contributed by atoms with Crippen LogP contribution in [0.5, 0.6) is 0 Å². The van der Waals surface area contributed by atoms with E-state index in [-0.39, 0.29) is 5.41 Å². The molecule has 1 aromatic rings. The third-order valence-electron chi connectivity index (χ3n) is 3.95. The first kappa shape index (κ1) is 14.4. The van der Waals surface area contributed by atoms with E-state index in [1.54, 1.807) is 0 Å². The summed E-state index contributed by atoms with van der Waals surface area (Å²) in [5, 5.41) is 6.89. The molecule has 0 aliphatic carbocycles. The highest BCUT2D eigenvalue weighted by Gasteiger charge is 2.31. The molecule has 0 radical (unpaired) electrons. The molecule has 1 atom stereocenters. The summed E-state index contributed by atoms with van der Waals surface area (Å²) < 4.78 is 0. The summed E-state index contributed by atoms with van der Waals surface area (Å²) in [4.78, 5) is 6.67. The van der Waals surface area contributed by atoms with Gasteiger partial charge in [-0.25, -0.2) is 0 Å². The minimum absolute atomic E-state index is 0.188. The fraction of sp³-hybridized carbons (Fsp3) is 0.667. The lowest BCUT2D eigenvalue weighted by Crippen LogP contribution is -2.49. The molecule has 1 fully saturated rings. The van der Waals surface area contributed by atoms with Crippen molar-refractivity contribution in [1.82, 2.24) is 20.5 Å². The Hall–Kier alpha value is -0.970. The molecule has 1 aliphatic rings. The third kappa shape index (κ3) is 3.75. The van der Waals surface area contributed by atoms with Crippen molar-refractivity contribution in [1.29, 1.82) is 0 Å². The zero-order valence-electron chi connectivity index (χ0n) is 12.3. The molecule has 106 valence electrons. The van der Waals surface area contributed by atoms with E-state index in [1.807, 2.05) is 19.4 Å². The van der Waals surface area contributed by atoms with E-state index in [9.17, 15) is 0 Å². The Morgan fingerprint density at radius 2 is 1.95 bits per heavy atom. The molecule has 19 heavy (non-hydrogen) atoms. The lowest BCUT2D eigenvalue weighted by molar-refractivity contribution is 0.128. The van der Waals surface area contributed by atoms with E-state index >= 15 is 0 Å². The molecule has 0 bridgehead atoms. The van der Waals surface area contributed by atoms with Crippen LogP contribution in [0, 0.1) is 5.41 Å². The Balaban J connectivity index is 2.07. The highest BCUT2D eigenvalue weighted by molar-refractivity contribution is 5.18. The number of rotatable bonds is 5. The van der Waals surface area contributed by atoms with Crippen molar-refractivity contribution in [3.8, 4) is 0 Å². The van der Waals surface area contributed by atoms with E-state index < -0.39 is 0 Å². The normalized spacial score (nSPS) is 19.3. The van der Waals surface area contributed by atoms with Crippen molar-refractivity contribution in [2.75, 3.05) is 39.8 Å². The predicted molar refractivity (Wildman–Crippen MR) is 79.1 cm³/mol. The van der Waals surface area contributed by atoms with Crippen LogP contribution in [0.2, 0.25) is 0 Å². The van der Waals surface area contributed by atoms with Crippen molar-refractivity contribution in [3.63, 3.8) is 0 Å². The van der Waals surface area contributed by atoms with Gasteiger partial charge in [0.2, 0.25) is 0 Å². The van der Waals surface area contributed by atoms with Gasteiger partial charge >= 0.3 is 0 Å². The molecular formula is C15H26N4. The average molecular weight is 262 g/mol. The topological polar surface area (TPSA) is 40.2 Å². The number of nitrogens with one attached hydrogen (secondary N) is 2. The van der Waals surface area contributed by atoms with E-state index in [1.165, 1.54) is 5.56 Å². The van der Waals surface area contributed by atoms with Crippen molar-refractivity contribution in [2.24, 2.45) is 5.41 Å². The number of piperazine rings is 1. The molecule has 0 spiro atoms. The molecular weight excluding hydrogens is 236 g/mol. The quantitative estimate of drug-likeness (QED) is 0.838. The fourth-order valence-corrected chi connectivity index (χ4v) is 3.10. The third-order valence-corrected chi connectivity index (χ3v) is 3.95. The molecule has 0 aromatic carbocycles. The SMILES string of the molecule is CNC(c1ccncc1)C(C)(C)CN1CCNCC1. The molecule has 4 heteroatoms. The van der Waals surface area contributed by atoms with Crippen LogP contribution in [-0.4, -0.2) is 49.7 Å². The van der Waals surface area contributed by atoms with Crippen LogP contribution in [0.25, 0.3) is 0 Å². The van der Waals surface area contributed by atoms with Crippen molar-refractivity contribution < 1.29 is 0 Å². The maximum atomic E-state index is 4.11. The van der Waals surface area contributed by atoms with Gasteiger partial charge in [-0.2, -0.15) is 0 Å². The summed E-state index contributed by atoms with van der Waals surface area (Å²) in [6, 6.07) is 4.58. The van der Waals surface area contributed by atoms with Crippen molar-refractivity contribution in [3.05, 3.63) is 30.1 Å². The molecule has 1 saturated heterocycles. The standard InChI is InChI=1S/C15H26N4/c1-15(2,12-19-10-8-18-9-11-19)14(16-3)13-4-6-17-7-5-13/h4-7,14,16,18H,8-12H2,1-3H3. The smallest absolute Gasteiger partial charge is 0.0382 e. The monoisotopic (exact) mass is 262 g/mol. The number of pyridine rings is 1. The Morgan fingerprint density at radius 3 is 2.53 bits per heavy atom. The van der Waals surface area contributed by atoms with Crippen molar-refractivity contribution in [2.45, 2.75) is 19.9 Å². The summed E-state index contributed by atoms with van der Waals surface area (Å²) in [5.41, 5.74) is 1.51. The Labute approximate surface area is 116 Å². The molecule has 0 saturated carbocycles. The Bertz CT molecular complexity index is 371. The van der Waals surface area contributed by atoms with Crippen LogP contribution in [0.4, 0.5) is 0 Å². The highest BCUT2D eigenvalue weighted by Crippen LogP contribution is 2.33. The zero-order valence-corrected chi connectivity index (χ0v) is 12.3. The van der Waals surface area contributed by atoms with Gasteiger partial charge < -0.3 is 15.5 Å². The lowest BCUT2D eigenvalue weighted by Gasteiger charge is -2.40. The molecule has 1 aromatic heterocycles. The first-order valence-corrected chi connectivity index (χ1v) is 7.14. The van der Waals surface area contributed by atoms with Crippen LogP contribution in [0.15, 0.2) is 24.5 Å². The second-order valence-corrected chi connectivity index (χ2v) is 6.02. The van der Waals surface area contributed by atoms with Gasteiger partial charge in [0, 0.05) is 51.2 Å². The van der Waals surface area contributed by atoms with Crippen molar-refractivity contribution >= 4 is 0 Å². The number of hydrogen-bond acceptors (Lipinski definition) is 4. The van der Waals surface area contributed by atoms with Gasteiger partial charge in [0.1, 0.15) is 0 Å². The molecule has 1 aliphatic heterocycles. The van der Waals surface area contributed by atoms with Gasteiger partial charge in [-0.3, -0.25) is 4.98 Å². The summed E-state index contributed by atoms with van der Waals surface area (Å²) in [6.45, 7) is 10.3. The summed E-state index contributed by atoms with van der Waals surface area (Å²) in [5.74, 6) is 0. The van der Waals surface area contributed by atoms with Gasteiger partial charge in [0.05, 0.1) is 0 Å². The minimum atomic E-state index is 0.188. The van der Waals surface area contributed by atoms with Gasteiger partial charge in [0.25, 0.3) is 0 Å². The zero-order chi connectivity index (χ0) is 13.7. The second-order valence-electron chi connectivity index (χ2n) is 6.02. The van der Waals surface area contributed by atoms with Crippen LogP contribution in [0.3, 0.4) is 0 Å². The first-order chi connectivity index (χ1) is 9.13. The van der Waals surface area contributed by atoms with E-state index in [0.717, 1.165) is 32.7 Å². The highest BCUT2D eigenvalue weighted by atomic mass is 15.2.